The van der Waals surface area contributed by atoms with Gasteiger partial charge >= 0.3 is 0 Å². The number of fused-ring (bicyclic) bond motifs is 6. The Labute approximate surface area is 428 Å². The molecule has 0 radical (unpaired) electrons. The molecule has 0 saturated carbocycles. The van der Waals surface area contributed by atoms with Crippen LogP contribution in [0, 0.1) is 0 Å². The van der Waals surface area contributed by atoms with Gasteiger partial charge in [-0.25, -0.2) is 0 Å². The number of hydrogen-bond acceptors (Lipinski definition) is 4. The van der Waals surface area contributed by atoms with Gasteiger partial charge in [-0.1, -0.05) is 224 Å². The molecule has 0 N–H and O–H groups in total. The van der Waals surface area contributed by atoms with Gasteiger partial charge in [0, 0.05) is 42.1 Å². The van der Waals surface area contributed by atoms with E-state index in [4.69, 9.17) is 0 Å². The molecule has 0 unspecified atom stereocenters. The molecule has 72 heavy (non-hydrogen) atoms. The van der Waals surface area contributed by atoms with E-state index in [1.165, 1.54) is 120 Å². The second kappa shape index (κ2) is 17.7. The molecular formula is C68H44N2S2. The summed E-state index contributed by atoms with van der Waals surface area (Å²) in [5.41, 5.74) is 19.2. The van der Waals surface area contributed by atoms with E-state index in [0.717, 1.165) is 11.4 Å². The molecule has 0 bridgehead atoms. The fraction of sp³-hybridized carbons (Fsp3) is 0. The Morgan fingerprint density at radius 1 is 0.236 bits per heavy atom. The summed E-state index contributed by atoms with van der Waals surface area (Å²) in [6, 6.07) is 98.0. The average molecular weight is 953 g/mol. The van der Waals surface area contributed by atoms with Crippen molar-refractivity contribution < 1.29 is 0 Å². The molecule has 0 fully saturated rings. The lowest BCUT2D eigenvalue weighted by Gasteiger charge is -2.34. The van der Waals surface area contributed by atoms with Crippen molar-refractivity contribution >= 4 is 79.2 Å². The SMILES string of the molecule is c1ccc(-c2c3cccc(-c4ccc(-c5cccc6c5N(c5ccccc5)c5ccccc5S6)cc4)c3cc3c(-c4ccc(-c5cccc6c5N(c5ccccc5)c5ccccc5S6)cc4)cccc23)cc1. The van der Waals surface area contributed by atoms with E-state index in [-0.39, 0.29) is 0 Å². The monoisotopic (exact) mass is 952 g/mol. The minimum atomic E-state index is 1.15. The lowest BCUT2D eigenvalue weighted by atomic mass is 9.86. The van der Waals surface area contributed by atoms with Crippen molar-refractivity contribution in [2.45, 2.75) is 19.6 Å². The van der Waals surface area contributed by atoms with E-state index in [1.54, 1.807) is 0 Å². The minimum absolute atomic E-state index is 1.15. The Morgan fingerprint density at radius 2 is 0.583 bits per heavy atom. The first-order valence-corrected chi connectivity index (χ1v) is 26.1. The van der Waals surface area contributed by atoms with Gasteiger partial charge in [0.1, 0.15) is 0 Å². The summed E-state index contributed by atoms with van der Waals surface area (Å²) in [7, 11) is 0. The van der Waals surface area contributed by atoms with E-state index in [9.17, 15) is 0 Å². The van der Waals surface area contributed by atoms with Crippen LogP contribution in [0.2, 0.25) is 0 Å². The van der Waals surface area contributed by atoms with Crippen molar-refractivity contribution in [2.75, 3.05) is 9.80 Å². The molecule has 2 aliphatic heterocycles. The Hall–Kier alpha value is -8.54. The van der Waals surface area contributed by atoms with Crippen molar-refractivity contribution in [3.8, 4) is 55.6 Å². The average Bonchev–Trinajstić information content (AvgIpc) is 3.45. The number of anilines is 6. The van der Waals surface area contributed by atoms with E-state index in [0.29, 0.717) is 0 Å². The fourth-order valence-electron chi connectivity index (χ4n) is 11.0. The molecule has 12 aromatic carbocycles. The summed E-state index contributed by atoms with van der Waals surface area (Å²) >= 11 is 3.70. The number of hydrogen-bond donors (Lipinski definition) is 0. The van der Waals surface area contributed by atoms with Crippen molar-refractivity contribution in [1.82, 2.24) is 0 Å². The Bertz CT molecular complexity index is 3780. The topological polar surface area (TPSA) is 6.48 Å². The Morgan fingerprint density at radius 3 is 1.03 bits per heavy atom. The quantitative estimate of drug-likeness (QED) is 0.147. The van der Waals surface area contributed by atoms with Crippen molar-refractivity contribution in [2.24, 2.45) is 0 Å². The fourth-order valence-corrected chi connectivity index (χ4v) is 13.2. The van der Waals surface area contributed by atoms with Crippen LogP contribution in [0.1, 0.15) is 0 Å². The van der Waals surface area contributed by atoms with Crippen LogP contribution in [0.25, 0.3) is 77.2 Å². The third-order valence-corrected chi connectivity index (χ3v) is 16.5. The van der Waals surface area contributed by atoms with Gasteiger partial charge in [-0.15, -0.1) is 0 Å². The van der Waals surface area contributed by atoms with Gasteiger partial charge in [-0.3, -0.25) is 0 Å². The van der Waals surface area contributed by atoms with E-state index < -0.39 is 0 Å². The lowest BCUT2D eigenvalue weighted by Crippen LogP contribution is -2.15. The highest BCUT2D eigenvalue weighted by Gasteiger charge is 2.29. The second-order valence-electron chi connectivity index (χ2n) is 18.4. The summed E-state index contributed by atoms with van der Waals surface area (Å²) in [4.78, 5) is 9.88. The first kappa shape index (κ1) is 42.3. The maximum atomic E-state index is 2.45. The predicted molar refractivity (Wildman–Crippen MR) is 306 cm³/mol. The van der Waals surface area contributed by atoms with Gasteiger partial charge in [0.05, 0.1) is 22.7 Å². The zero-order valence-electron chi connectivity index (χ0n) is 39.1. The van der Waals surface area contributed by atoms with Crippen molar-refractivity contribution in [1.29, 1.82) is 0 Å². The number of nitrogens with zero attached hydrogens (tertiary/aromatic N) is 2. The molecule has 14 rings (SSSR count). The molecule has 0 amide bonds. The van der Waals surface area contributed by atoms with Crippen LogP contribution in [0.5, 0.6) is 0 Å². The van der Waals surface area contributed by atoms with Gasteiger partial charge in [0.2, 0.25) is 0 Å². The highest BCUT2D eigenvalue weighted by molar-refractivity contribution is 8.00. The zero-order valence-corrected chi connectivity index (χ0v) is 40.7. The van der Waals surface area contributed by atoms with Crippen molar-refractivity contribution in [3.63, 3.8) is 0 Å². The summed E-state index contributed by atoms with van der Waals surface area (Å²) in [5.74, 6) is 0. The molecule has 2 heterocycles. The molecule has 0 aromatic heterocycles. The molecule has 2 nitrogen and oxygen atoms in total. The maximum absolute atomic E-state index is 2.45. The highest BCUT2D eigenvalue weighted by Crippen LogP contribution is 2.56. The molecular weight excluding hydrogens is 909 g/mol. The van der Waals surface area contributed by atoms with Gasteiger partial charge < -0.3 is 9.80 Å². The van der Waals surface area contributed by atoms with Crippen LogP contribution in [-0.4, -0.2) is 0 Å². The maximum Gasteiger partial charge on any atom is 0.0679 e. The van der Waals surface area contributed by atoms with Crippen LogP contribution >= 0.6 is 23.5 Å². The highest BCUT2D eigenvalue weighted by atomic mass is 32.2. The van der Waals surface area contributed by atoms with Crippen LogP contribution in [-0.2, 0) is 0 Å². The zero-order chi connectivity index (χ0) is 47.5. The molecule has 12 aromatic rings. The molecule has 0 spiro atoms. The van der Waals surface area contributed by atoms with Crippen LogP contribution < -0.4 is 9.80 Å². The van der Waals surface area contributed by atoms with E-state index >= 15 is 0 Å². The number of rotatable bonds is 7. The minimum Gasteiger partial charge on any atom is -0.308 e. The lowest BCUT2D eigenvalue weighted by molar-refractivity contribution is 1.17. The van der Waals surface area contributed by atoms with Gasteiger partial charge in [-0.05, 0) is 133 Å². The van der Waals surface area contributed by atoms with Crippen LogP contribution in [0.3, 0.4) is 0 Å². The third kappa shape index (κ3) is 7.13. The molecule has 4 heteroatoms. The first-order valence-electron chi connectivity index (χ1n) is 24.5. The summed E-state index contributed by atoms with van der Waals surface area (Å²) in [6.45, 7) is 0. The van der Waals surface area contributed by atoms with Gasteiger partial charge in [-0.2, -0.15) is 0 Å². The standard InChI is InChI=1S/C68H44N2S2/c1-4-18-49(19-5-1)66-56-28-14-24-52(45-36-40-47(41-37-45)54-26-16-34-64-67(54)69(50-20-6-2-7-21-50)60-30-10-12-32-62(60)71-64)58(56)44-59-53(25-15-29-57(59)66)46-38-42-48(43-39-46)55-27-17-35-65-68(55)70(51-22-8-3-9-23-51)61-31-11-13-33-63(61)72-65/h1-44H. The van der Waals surface area contributed by atoms with Crippen molar-refractivity contribution in [3.05, 3.63) is 267 Å². The van der Waals surface area contributed by atoms with Gasteiger partial charge in [0.25, 0.3) is 0 Å². The number of para-hydroxylation sites is 6. The smallest absolute Gasteiger partial charge is 0.0679 e. The third-order valence-electron chi connectivity index (χ3n) is 14.2. The molecule has 0 saturated heterocycles. The molecule has 338 valence electrons. The first-order chi connectivity index (χ1) is 35.7. The Balaban J connectivity index is 0.883. The normalized spacial score (nSPS) is 12.6. The predicted octanol–water partition coefficient (Wildman–Crippen LogP) is 20.2. The molecule has 0 atom stereocenters. The second-order valence-corrected chi connectivity index (χ2v) is 20.5. The Kier molecular flexibility index (Phi) is 10.4. The summed E-state index contributed by atoms with van der Waals surface area (Å²) < 4.78 is 0. The largest absolute Gasteiger partial charge is 0.308 e. The van der Waals surface area contributed by atoms with Gasteiger partial charge in [0.15, 0.2) is 0 Å². The molecule has 2 aliphatic rings. The van der Waals surface area contributed by atoms with E-state index in [1.807, 2.05) is 23.5 Å². The van der Waals surface area contributed by atoms with Crippen LogP contribution in [0.15, 0.2) is 287 Å². The van der Waals surface area contributed by atoms with Crippen LogP contribution in [0.4, 0.5) is 34.1 Å². The number of benzene rings is 12. The summed E-state index contributed by atoms with van der Waals surface area (Å²) in [6.07, 6.45) is 0. The van der Waals surface area contributed by atoms with E-state index in [2.05, 4.69) is 277 Å². The summed E-state index contributed by atoms with van der Waals surface area (Å²) in [5, 5.41) is 4.95. The molecule has 0 aliphatic carbocycles.